The van der Waals surface area contributed by atoms with Gasteiger partial charge in [-0.05, 0) is 31.5 Å². The fourth-order valence-electron chi connectivity index (χ4n) is 4.26. The molecule has 182 valence electrons. The second-order valence-electron chi connectivity index (χ2n) is 8.50. The molecule has 4 rings (SSSR count). The van der Waals surface area contributed by atoms with E-state index in [4.69, 9.17) is 21.3 Å². The minimum Gasteiger partial charge on any atom is -0.378 e. The van der Waals surface area contributed by atoms with E-state index < -0.39 is 0 Å². The van der Waals surface area contributed by atoms with E-state index in [1.54, 1.807) is 29.1 Å². The van der Waals surface area contributed by atoms with E-state index in [0.717, 1.165) is 22.9 Å². The summed E-state index contributed by atoms with van der Waals surface area (Å²) in [6, 6.07) is 5.72. The van der Waals surface area contributed by atoms with Gasteiger partial charge < -0.3 is 19.9 Å². The van der Waals surface area contributed by atoms with Gasteiger partial charge in [0.05, 0.1) is 22.9 Å². The molecule has 0 saturated carbocycles. The van der Waals surface area contributed by atoms with Crippen molar-refractivity contribution in [2.75, 3.05) is 48.9 Å². The van der Waals surface area contributed by atoms with Crippen LogP contribution < -0.4 is 20.7 Å². The number of aromatic nitrogens is 3. The first-order valence-electron chi connectivity index (χ1n) is 11.4. The van der Waals surface area contributed by atoms with Gasteiger partial charge in [-0.2, -0.15) is 0 Å². The van der Waals surface area contributed by atoms with Crippen molar-refractivity contribution in [2.24, 2.45) is 7.05 Å². The van der Waals surface area contributed by atoms with Crippen molar-refractivity contribution in [3.05, 3.63) is 50.8 Å². The minimum absolute atomic E-state index is 0.0579. The summed E-state index contributed by atoms with van der Waals surface area (Å²) >= 11 is 8.20. The Morgan fingerprint density at radius 2 is 2.09 bits per heavy atom. The maximum absolute atomic E-state index is 13.5. The standard InChI is InChI=1S/C24H31ClN6O2S/c1-6-18-21(27-19-13-31(14-20(19)33-7-2)24-26-10-11-34-24)23(32)30(5)22(28-18)16-9-8-15(29(3)4)12-17(16)25/h8-12,19-20,27H,6-7,13-14H2,1-5H3/t19-,20-/m1/s1. The topological polar surface area (TPSA) is 75.5 Å². The average molecular weight is 503 g/mol. The number of hydrogen-bond donors (Lipinski definition) is 1. The molecule has 10 heteroatoms. The number of nitrogens with one attached hydrogen (secondary N) is 1. The van der Waals surface area contributed by atoms with E-state index in [1.165, 1.54) is 0 Å². The monoisotopic (exact) mass is 502 g/mol. The van der Waals surface area contributed by atoms with Gasteiger partial charge in [0.25, 0.3) is 5.56 Å². The number of ether oxygens (including phenoxy) is 1. The molecule has 0 spiro atoms. The van der Waals surface area contributed by atoms with Crippen LogP contribution in [-0.4, -0.2) is 60.5 Å². The van der Waals surface area contributed by atoms with Crippen LogP contribution in [0.15, 0.2) is 34.6 Å². The maximum atomic E-state index is 13.5. The molecule has 1 aliphatic rings. The second-order valence-corrected chi connectivity index (χ2v) is 9.78. The van der Waals surface area contributed by atoms with Gasteiger partial charge in [-0.3, -0.25) is 9.36 Å². The summed E-state index contributed by atoms with van der Waals surface area (Å²) in [5.41, 5.74) is 2.83. The Morgan fingerprint density at radius 3 is 2.71 bits per heavy atom. The molecule has 3 aromatic rings. The molecule has 0 amide bonds. The molecule has 0 unspecified atom stereocenters. The van der Waals surface area contributed by atoms with Crippen molar-refractivity contribution < 1.29 is 4.74 Å². The lowest BCUT2D eigenvalue weighted by molar-refractivity contribution is 0.0720. The fraction of sp³-hybridized carbons (Fsp3) is 0.458. The van der Waals surface area contributed by atoms with Gasteiger partial charge in [0.1, 0.15) is 11.5 Å². The second kappa shape index (κ2) is 10.3. The lowest BCUT2D eigenvalue weighted by Crippen LogP contribution is -2.38. The molecular formula is C24H31ClN6O2S. The summed E-state index contributed by atoms with van der Waals surface area (Å²) in [5, 5.41) is 6.97. The van der Waals surface area contributed by atoms with E-state index in [9.17, 15) is 4.79 Å². The number of anilines is 3. The lowest BCUT2D eigenvalue weighted by Gasteiger charge is -2.23. The van der Waals surface area contributed by atoms with E-state index in [0.29, 0.717) is 41.8 Å². The molecule has 0 aliphatic carbocycles. The summed E-state index contributed by atoms with van der Waals surface area (Å²) in [6.07, 6.45) is 2.36. The predicted octanol–water partition coefficient (Wildman–Crippen LogP) is 3.89. The summed E-state index contributed by atoms with van der Waals surface area (Å²) in [6.45, 7) is 6.02. The molecule has 8 nitrogen and oxygen atoms in total. The highest BCUT2D eigenvalue weighted by atomic mass is 35.5. The highest BCUT2D eigenvalue weighted by Gasteiger charge is 2.35. The third-order valence-electron chi connectivity index (χ3n) is 6.08. The van der Waals surface area contributed by atoms with Crippen LogP contribution in [0.2, 0.25) is 5.02 Å². The normalized spacial score (nSPS) is 17.9. The van der Waals surface area contributed by atoms with Crippen LogP contribution in [0.5, 0.6) is 0 Å². The Morgan fingerprint density at radius 1 is 1.29 bits per heavy atom. The largest absolute Gasteiger partial charge is 0.378 e. The Balaban J connectivity index is 1.68. The number of hydrogen-bond acceptors (Lipinski definition) is 8. The van der Waals surface area contributed by atoms with Crippen molar-refractivity contribution >= 4 is 39.4 Å². The molecule has 1 saturated heterocycles. The zero-order chi connectivity index (χ0) is 24.4. The van der Waals surface area contributed by atoms with E-state index in [2.05, 4.69) is 15.2 Å². The number of aryl methyl sites for hydroxylation is 1. The van der Waals surface area contributed by atoms with Crippen LogP contribution in [0.1, 0.15) is 19.5 Å². The zero-order valence-corrected chi connectivity index (χ0v) is 21.8. The van der Waals surface area contributed by atoms with Gasteiger partial charge in [0, 0.05) is 63.7 Å². The Bertz CT molecular complexity index is 1200. The van der Waals surface area contributed by atoms with Crippen LogP contribution in [-0.2, 0) is 18.2 Å². The van der Waals surface area contributed by atoms with E-state index in [1.807, 2.05) is 56.4 Å². The molecule has 2 atom stereocenters. The first-order chi connectivity index (χ1) is 16.3. The molecular weight excluding hydrogens is 472 g/mol. The molecule has 1 N–H and O–H groups in total. The van der Waals surface area contributed by atoms with Gasteiger partial charge in [-0.25, -0.2) is 9.97 Å². The van der Waals surface area contributed by atoms with Crippen LogP contribution in [0.25, 0.3) is 11.4 Å². The highest BCUT2D eigenvalue weighted by molar-refractivity contribution is 7.13. The number of nitrogens with zero attached hydrogens (tertiary/aromatic N) is 5. The van der Waals surface area contributed by atoms with Gasteiger partial charge in [-0.15, -0.1) is 11.3 Å². The zero-order valence-electron chi connectivity index (χ0n) is 20.2. The SMILES string of the molecule is CCO[C@@H]1CN(c2nccs2)C[C@H]1Nc1c(CC)nc(-c2ccc(N(C)C)cc2Cl)n(C)c1=O. The van der Waals surface area contributed by atoms with Crippen molar-refractivity contribution in [1.82, 2.24) is 14.5 Å². The highest BCUT2D eigenvalue weighted by Crippen LogP contribution is 2.31. The number of benzene rings is 1. The van der Waals surface area contributed by atoms with Crippen LogP contribution >= 0.6 is 22.9 Å². The first-order valence-corrected chi connectivity index (χ1v) is 12.7. The molecule has 1 aliphatic heterocycles. The molecule has 0 radical (unpaired) electrons. The predicted molar refractivity (Wildman–Crippen MR) is 141 cm³/mol. The maximum Gasteiger partial charge on any atom is 0.277 e. The Labute approximate surface area is 209 Å². The molecule has 0 bridgehead atoms. The minimum atomic E-state index is -0.127. The summed E-state index contributed by atoms with van der Waals surface area (Å²) < 4.78 is 7.59. The fourth-order valence-corrected chi connectivity index (χ4v) is 5.18. The van der Waals surface area contributed by atoms with Crippen molar-refractivity contribution in [2.45, 2.75) is 32.4 Å². The van der Waals surface area contributed by atoms with Gasteiger partial charge in [0.2, 0.25) is 0 Å². The van der Waals surface area contributed by atoms with Crippen molar-refractivity contribution in [1.29, 1.82) is 0 Å². The molecule has 1 fully saturated rings. The van der Waals surface area contributed by atoms with Crippen LogP contribution in [0, 0.1) is 0 Å². The van der Waals surface area contributed by atoms with Gasteiger partial charge in [-0.1, -0.05) is 18.5 Å². The Hall–Kier alpha value is -2.62. The van der Waals surface area contributed by atoms with Crippen molar-refractivity contribution in [3.63, 3.8) is 0 Å². The third-order valence-corrected chi connectivity index (χ3v) is 7.22. The summed E-state index contributed by atoms with van der Waals surface area (Å²) in [7, 11) is 5.66. The number of thiazole rings is 1. The number of halogens is 1. The van der Waals surface area contributed by atoms with E-state index >= 15 is 0 Å². The molecule has 34 heavy (non-hydrogen) atoms. The van der Waals surface area contributed by atoms with Crippen LogP contribution in [0.4, 0.5) is 16.5 Å². The number of rotatable bonds is 8. The van der Waals surface area contributed by atoms with Gasteiger partial charge in [0.15, 0.2) is 5.13 Å². The molecule has 3 heterocycles. The summed E-state index contributed by atoms with van der Waals surface area (Å²) in [5.74, 6) is 0.555. The first kappa shape index (κ1) is 24.5. The third kappa shape index (κ3) is 4.78. The smallest absolute Gasteiger partial charge is 0.277 e. The lowest BCUT2D eigenvalue weighted by atomic mass is 10.1. The van der Waals surface area contributed by atoms with Crippen molar-refractivity contribution in [3.8, 4) is 11.4 Å². The van der Waals surface area contributed by atoms with Crippen LogP contribution in [0.3, 0.4) is 0 Å². The quantitative estimate of drug-likeness (QED) is 0.500. The Kier molecular flexibility index (Phi) is 7.45. The summed E-state index contributed by atoms with van der Waals surface area (Å²) in [4.78, 5) is 27.0. The molecule has 1 aromatic carbocycles. The van der Waals surface area contributed by atoms with Gasteiger partial charge >= 0.3 is 0 Å². The van der Waals surface area contributed by atoms with E-state index in [-0.39, 0.29) is 17.7 Å². The molecule has 2 aromatic heterocycles. The average Bonchev–Trinajstić information content (AvgIpc) is 3.48.